The molecule has 4 nitrogen and oxygen atoms in total. The number of thiophene rings is 1. The molecule has 1 atom stereocenters. The molecule has 3 heterocycles. The Kier molecular flexibility index (Phi) is 4.59. The SMILES string of the molecule is O=C(c1cccs1)N1CCCC(c2nnc(-c3ccccc3F)s2)C1. The summed E-state index contributed by atoms with van der Waals surface area (Å²) in [5.41, 5.74) is 0.480. The van der Waals surface area contributed by atoms with E-state index in [9.17, 15) is 9.18 Å². The Balaban J connectivity index is 1.52. The number of hydrogen-bond donors (Lipinski definition) is 0. The summed E-state index contributed by atoms with van der Waals surface area (Å²) in [5.74, 6) is -0.0439. The molecule has 0 saturated carbocycles. The van der Waals surface area contributed by atoms with Crippen LogP contribution >= 0.6 is 22.7 Å². The summed E-state index contributed by atoms with van der Waals surface area (Å²) >= 11 is 2.89. The van der Waals surface area contributed by atoms with Crippen molar-refractivity contribution in [2.75, 3.05) is 13.1 Å². The number of aromatic nitrogens is 2. The molecule has 2 aromatic heterocycles. The highest BCUT2D eigenvalue weighted by atomic mass is 32.1. The van der Waals surface area contributed by atoms with Crippen LogP contribution < -0.4 is 0 Å². The van der Waals surface area contributed by atoms with Crippen molar-refractivity contribution in [3.8, 4) is 10.6 Å². The number of halogens is 1. The molecule has 1 aromatic carbocycles. The zero-order valence-corrected chi connectivity index (χ0v) is 15.0. The summed E-state index contributed by atoms with van der Waals surface area (Å²) in [7, 11) is 0. The van der Waals surface area contributed by atoms with Crippen molar-refractivity contribution in [3.63, 3.8) is 0 Å². The molecule has 1 saturated heterocycles. The second kappa shape index (κ2) is 7.01. The first-order valence-corrected chi connectivity index (χ1v) is 9.83. The topological polar surface area (TPSA) is 46.1 Å². The highest BCUT2D eigenvalue weighted by Gasteiger charge is 2.28. The lowest BCUT2D eigenvalue weighted by atomic mass is 9.98. The van der Waals surface area contributed by atoms with Gasteiger partial charge in [-0.2, -0.15) is 0 Å². The summed E-state index contributed by atoms with van der Waals surface area (Å²) in [6, 6.07) is 10.4. The number of rotatable bonds is 3. The van der Waals surface area contributed by atoms with Crippen molar-refractivity contribution < 1.29 is 9.18 Å². The van der Waals surface area contributed by atoms with E-state index in [1.807, 2.05) is 22.4 Å². The van der Waals surface area contributed by atoms with E-state index in [1.165, 1.54) is 28.7 Å². The zero-order valence-electron chi connectivity index (χ0n) is 13.4. The van der Waals surface area contributed by atoms with E-state index in [0.717, 1.165) is 29.3 Å². The fourth-order valence-corrected chi connectivity index (χ4v) is 4.75. The van der Waals surface area contributed by atoms with Crippen LogP contribution in [0.25, 0.3) is 10.6 Å². The second-order valence-corrected chi connectivity index (χ2v) is 7.95. The van der Waals surface area contributed by atoms with Crippen LogP contribution in [0.15, 0.2) is 41.8 Å². The van der Waals surface area contributed by atoms with Crippen LogP contribution in [0.1, 0.15) is 33.4 Å². The highest BCUT2D eigenvalue weighted by molar-refractivity contribution is 7.14. The van der Waals surface area contributed by atoms with Crippen molar-refractivity contribution in [1.82, 2.24) is 15.1 Å². The average molecular weight is 373 g/mol. The molecular formula is C18H16FN3OS2. The fourth-order valence-electron chi connectivity index (χ4n) is 3.06. The van der Waals surface area contributed by atoms with Crippen LogP contribution in [0.2, 0.25) is 0 Å². The maximum atomic E-state index is 13.9. The lowest BCUT2D eigenvalue weighted by Crippen LogP contribution is -2.38. The Morgan fingerprint density at radius 1 is 1.20 bits per heavy atom. The molecule has 128 valence electrons. The molecule has 0 bridgehead atoms. The van der Waals surface area contributed by atoms with Crippen LogP contribution in [-0.4, -0.2) is 34.1 Å². The Hall–Kier alpha value is -2.12. The van der Waals surface area contributed by atoms with E-state index < -0.39 is 0 Å². The summed E-state index contributed by atoms with van der Waals surface area (Å²) in [4.78, 5) is 15.2. The minimum Gasteiger partial charge on any atom is -0.337 e. The molecule has 4 rings (SSSR count). The van der Waals surface area contributed by atoms with Crippen molar-refractivity contribution in [3.05, 3.63) is 57.5 Å². The number of likely N-dealkylation sites (tertiary alicyclic amines) is 1. The minimum absolute atomic E-state index is 0.0820. The first-order chi connectivity index (χ1) is 12.2. The number of piperidine rings is 1. The van der Waals surface area contributed by atoms with Gasteiger partial charge in [-0.3, -0.25) is 4.79 Å². The highest BCUT2D eigenvalue weighted by Crippen LogP contribution is 2.34. The number of hydrogen-bond acceptors (Lipinski definition) is 5. The number of carbonyl (C=O) groups excluding carboxylic acids is 1. The maximum absolute atomic E-state index is 13.9. The van der Waals surface area contributed by atoms with Gasteiger partial charge in [0.1, 0.15) is 10.8 Å². The van der Waals surface area contributed by atoms with Gasteiger partial charge in [0, 0.05) is 24.6 Å². The fraction of sp³-hybridized carbons (Fsp3) is 0.278. The van der Waals surface area contributed by atoms with Gasteiger partial charge in [-0.05, 0) is 36.4 Å². The quantitative estimate of drug-likeness (QED) is 0.682. The number of benzene rings is 1. The van der Waals surface area contributed by atoms with Gasteiger partial charge in [-0.1, -0.05) is 29.5 Å². The van der Waals surface area contributed by atoms with Crippen LogP contribution in [0.4, 0.5) is 4.39 Å². The minimum atomic E-state index is -0.289. The molecule has 1 aliphatic heterocycles. The number of nitrogens with zero attached hydrogens (tertiary/aromatic N) is 3. The van der Waals surface area contributed by atoms with Crippen molar-refractivity contribution >= 4 is 28.6 Å². The molecule has 25 heavy (non-hydrogen) atoms. The summed E-state index contributed by atoms with van der Waals surface area (Å²) < 4.78 is 13.9. The van der Waals surface area contributed by atoms with Gasteiger partial charge in [-0.15, -0.1) is 21.5 Å². The van der Waals surface area contributed by atoms with E-state index in [-0.39, 0.29) is 17.6 Å². The molecule has 1 aliphatic rings. The van der Waals surface area contributed by atoms with Crippen LogP contribution in [0.3, 0.4) is 0 Å². The van der Waals surface area contributed by atoms with E-state index in [4.69, 9.17) is 0 Å². The number of amides is 1. The van der Waals surface area contributed by atoms with Gasteiger partial charge >= 0.3 is 0 Å². The monoisotopic (exact) mass is 373 g/mol. The van der Waals surface area contributed by atoms with E-state index in [1.54, 1.807) is 18.2 Å². The Labute approximate surface area is 153 Å². The Morgan fingerprint density at radius 2 is 2.08 bits per heavy atom. The van der Waals surface area contributed by atoms with Gasteiger partial charge in [0.05, 0.1) is 4.88 Å². The molecular weight excluding hydrogens is 357 g/mol. The van der Waals surface area contributed by atoms with Gasteiger partial charge in [0.2, 0.25) is 0 Å². The van der Waals surface area contributed by atoms with Crippen molar-refractivity contribution in [2.24, 2.45) is 0 Å². The van der Waals surface area contributed by atoms with Gasteiger partial charge < -0.3 is 4.90 Å². The summed E-state index contributed by atoms with van der Waals surface area (Å²) in [6.07, 6.45) is 1.91. The average Bonchev–Trinajstić information content (AvgIpc) is 3.34. The van der Waals surface area contributed by atoms with Gasteiger partial charge in [0.25, 0.3) is 5.91 Å². The third-order valence-electron chi connectivity index (χ3n) is 4.33. The largest absolute Gasteiger partial charge is 0.337 e. The Morgan fingerprint density at radius 3 is 2.88 bits per heavy atom. The molecule has 0 spiro atoms. The van der Waals surface area contributed by atoms with Crippen LogP contribution in [0, 0.1) is 5.82 Å². The zero-order chi connectivity index (χ0) is 17.2. The standard InChI is InChI=1S/C18H16FN3OS2/c19-14-7-2-1-6-13(14)17-21-20-16(25-17)12-5-3-9-22(11-12)18(23)15-8-4-10-24-15/h1-2,4,6-8,10,12H,3,5,9,11H2. The predicted molar refractivity (Wildman–Crippen MR) is 97.5 cm³/mol. The van der Waals surface area contributed by atoms with Crippen LogP contribution in [-0.2, 0) is 0 Å². The van der Waals surface area contributed by atoms with Gasteiger partial charge in [0.15, 0.2) is 5.01 Å². The molecule has 0 radical (unpaired) electrons. The molecule has 0 N–H and O–H groups in total. The molecule has 7 heteroatoms. The molecule has 1 unspecified atom stereocenters. The lowest BCUT2D eigenvalue weighted by Gasteiger charge is -2.31. The van der Waals surface area contributed by atoms with E-state index in [2.05, 4.69) is 10.2 Å². The summed E-state index contributed by atoms with van der Waals surface area (Å²) in [5, 5.41) is 11.8. The molecule has 1 fully saturated rings. The second-order valence-electron chi connectivity index (χ2n) is 5.99. The van der Waals surface area contributed by atoms with Crippen molar-refractivity contribution in [1.29, 1.82) is 0 Å². The van der Waals surface area contributed by atoms with Crippen molar-refractivity contribution in [2.45, 2.75) is 18.8 Å². The molecule has 0 aliphatic carbocycles. The van der Waals surface area contributed by atoms with E-state index in [0.29, 0.717) is 17.1 Å². The lowest BCUT2D eigenvalue weighted by molar-refractivity contribution is 0.0712. The first kappa shape index (κ1) is 16.4. The third-order valence-corrected chi connectivity index (χ3v) is 6.31. The molecule has 1 amide bonds. The predicted octanol–water partition coefficient (Wildman–Crippen LogP) is 4.43. The first-order valence-electron chi connectivity index (χ1n) is 8.13. The van der Waals surface area contributed by atoms with Crippen LogP contribution in [0.5, 0.6) is 0 Å². The van der Waals surface area contributed by atoms with E-state index >= 15 is 0 Å². The smallest absolute Gasteiger partial charge is 0.263 e. The maximum Gasteiger partial charge on any atom is 0.263 e. The van der Waals surface area contributed by atoms with Gasteiger partial charge in [-0.25, -0.2) is 4.39 Å². The third kappa shape index (κ3) is 3.34. The number of carbonyl (C=O) groups is 1. The normalized spacial score (nSPS) is 17.6. The molecule has 3 aromatic rings. The summed E-state index contributed by atoms with van der Waals surface area (Å²) in [6.45, 7) is 1.41. The Bertz CT molecular complexity index is 878.